The van der Waals surface area contributed by atoms with Crippen molar-refractivity contribution < 1.29 is 39.5 Å². The summed E-state index contributed by atoms with van der Waals surface area (Å²) in [5.74, 6) is -10.9. The molecule has 0 aromatic heterocycles. The lowest BCUT2D eigenvalue weighted by molar-refractivity contribution is -0.139. The minimum atomic E-state index is -4.96. The Morgan fingerprint density at radius 2 is 1.28 bits per heavy atom. The molecule has 2 aromatic carbocycles. The van der Waals surface area contributed by atoms with Gasteiger partial charge in [-0.05, 0) is 85.8 Å². The number of benzene rings is 2. The Morgan fingerprint density at radius 3 is 1.75 bits per heavy atom. The molecule has 1 saturated carbocycles. The van der Waals surface area contributed by atoms with Crippen molar-refractivity contribution in [2.75, 3.05) is 6.67 Å². The smallest absolute Gasteiger partial charge is 0.251 e. The molecule has 32 heavy (non-hydrogen) atoms. The minimum Gasteiger partial charge on any atom is -0.251 e. The summed E-state index contributed by atoms with van der Waals surface area (Å²) in [5.41, 5.74) is -1.69. The summed E-state index contributed by atoms with van der Waals surface area (Å²) >= 11 is 0. The number of hydrogen-bond donors (Lipinski definition) is 0. The zero-order valence-corrected chi connectivity index (χ0v) is 16.9. The fourth-order valence-corrected chi connectivity index (χ4v) is 4.41. The van der Waals surface area contributed by atoms with Crippen LogP contribution in [0.4, 0.5) is 39.5 Å². The molecule has 0 atom stereocenters. The fourth-order valence-electron chi connectivity index (χ4n) is 4.41. The Morgan fingerprint density at radius 1 is 0.781 bits per heavy atom. The van der Waals surface area contributed by atoms with E-state index in [0.717, 1.165) is 0 Å². The van der Waals surface area contributed by atoms with E-state index in [2.05, 4.69) is 0 Å². The van der Waals surface area contributed by atoms with Crippen LogP contribution >= 0.6 is 0 Å². The Labute approximate surface area is 179 Å². The second kappa shape index (κ2) is 9.75. The third-order valence-corrected chi connectivity index (χ3v) is 6.02. The summed E-state index contributed by atoms with van der Waals surface area (Å²) in [4.78, 5) is 0. The molecule has 0 nitrogen and oxygen atoms in total. The molecule has 3 rings (SSSR count). The van der Waals surface area contributed by atoms with Gasteiger partial charge < -0.3 is 0 Å². The quantitative estimate of drug-likeness (QED) is 0.362. The van der Waals surface area contributed by atoms with Gasteiger partial charge in [0.25, 0.3) is 0 Å². The Kier molecular flexibility index (Phi) is 7.45. The molecule has 0 radical (unpaired) electrons. The normalized spacial score (nSPS) is 19.6. The molecule has 1 aliphatic rings. The van der Waals surface area contributed by atoms with Crippen LogP contribution in [-0.4, -0.2) is 13.1 Å². The molecule has 2 aromatic rings. The van der Waals surface area contributed by atoms with Crippen LogP contribution < -0.4 is 0 Å². The van der Waals surface area contributed by atoms with Crippen molar-refractivity contribution in [3.63, 3.8) is 0 Å². The predicted molar refractivity (Wildman–Crippen MR) is 101 cm³/mol. The topological polar surface area (TPSA) is 0 Å². The fraction of sp³-hybridized carbons (Fsp3) is 0.478. The highest BCUT2D eigenvalue weighted by Gasteiger charge is 2.47. The number of halogens is 9. The van der Waals surface area contributed by atoms with Crippen LogP contribution in [0.15, 0.2) is 24.3 Å². The molecule has 1 aliphatic carbocycles. The molecular weight excluding hydrogens is 447 g/mol. The van der Waals surface area contributed by atoms with Gasteiger partial charge in [0.15, 0.2) is 0 Å². The Hall–Kier alpha value is -2.19. The van der Waals surface area contributed by atoms with Crippen LogP contribution in [0.3, 0.4) is 0 Å². The highest BCUT2D eigenvalue weighted by Crippen LogP contribution is 2.44. The monoisotopic (exact) mass is 468 g/mol. The Balaban J connectivity index is 1.75. The van der Waals surface area contributed by atoms with Gasteiger partial charge in [0, 0.05) is 5.56 Å². The summed E-state index contributed by atoms with van der Waals surface area (Å²) in [6, 6.07) is 3.60. The molecule has 9 heteroatoms. The first-order chi connectivity index (χ1) is 15.1. The first kappa shape index (κ1) is 24.5. The van der Waals surface area contributed by atoms with Crippen LogP contribution in [0.5, 0.6) is 0 Å². The first-order valence-electron chi connectivity index (χ1n) is 10.2. The average molecular weight is 468 g/mol. The van der Waals surface area contributed by atoms with E-state index < -0.39 is 59.7 Å². The molecule has 1 fully saturated rings. The van der Waals surface area contributed by atoms with Gasteiger partial charge in [-0.1, -0.05) is 0 Å². The Bertz CT molecular complexity index is 900. The van der Waals surface area contributed by atoms with Gasteiger partial charge >= 0.3 is 12.3 Å². The summed E-state index contributed by atoms with van der Waals surface area (Å²) in [7, 11) is 0. The van der Waals surface area contributed by atoms with Crippen molar-refractivity contribution >= 4 is 0 Å². The van der Waals surface area contributed by atoms with Crippen LogP contribution in [0.1, 0.15) is 66.2 Å². The van der Waals surface area contributed by atoms with Gasteiger partial charge in [0.2, 0.25) is 0 Å². The van der Waals surface area contributed by atoms with E-state index in [1.165, 1.54) is 12.1 Å². The number of rotatable bonds is 7. The number of hydrogen-bond acceptors (Lipinski definition) is 0. The molecule has 0 saturated heterocycles. The van der Waals surface area contributed by atoms with Gasteiger partial charge in [0.1, 0.15) is 23.3 Å². The van der Waals surface area contributed by atoms with Crippen LogP contribution in [-0.2, 0) is 12.3 Å². The standard InChI is InChI=1S/C23H21F9/c24-7-1-2-12-8-16(25)20(17(26)9-12)14-5-3-13(4-6-14)15-10-18(27)21(19(28)11-15)23(31,32)22(29)30/h8-11,13-14,22H,1-7H2. The third kappa shape index (κ3) is 4.91. The second-order valence-electron chi connectivity index (χ2n) is 8.10. The van der Waals surface area contributed by atoms with Crippen molar-refractivity contribution in [3.8, 4) is 0 Å². The molecule has 0 unspecified atom stereocenters. The van der Waals surface area contributed by atoms with E-state index in [0.29, 0.717) is 17.7 Å². The predicted octanol–water partition coefficient (Wildman–Crippen LogP) is 7.94. The maximum Gasteiger partial charge on any atom is 0.338 e. The average Bonchev–Trinajstić information content (AvgIpc) is 2.71. The van der Waals surface area contributed by atoms with E-state index in [-0.39, 0.29) is 49.7 Å². The highest BCUT2D eigenvalue weighted by atomic mass is 19.3. The van der Waals surface area contributed by atoms with Gasteiger partial charge in [0.05, 0.1) is 12.2 Å². The summed E-state index contributed by atoms with van der Waals surface area (Å²) in [5, 5.41) is 0. The van der Waals surface area contributed by atoms with E-state index >= 15 is 0 Å². The molecule has 176 valence electrons. The molecule has 0 bridgehead atoms. The largest absolute Gasteiger partial charge is 0.338 e. The minimum absolute atomic E-state index is 0.0368. The highest BCUT2D eigenvalue weighted by molar-refractivity contribution is 5.33. The molecule has 0 N–H and O–H groups in total. The maximum absolute atomic E-state index is 14.5. The number of aryl methyl sites for hydroxylation is 1. The van der Waals surface area contributed by atoms with Crippen molar-refractivity contribution in [1.29, 1.82) is 0 Å². The van der Waals surface area contributed by atoms with Crippen molar-refractivity contribution in [2.45, 2.75) is 62.7 Å². The van der Waals surface area contributed by atoms with Crippen molar-refractivity contribution in [2.24, 2.45) is 0 Å². The van der Waals surface area contributed by atoms with Gasteiger partial charge in [-0.2, -0.15) is 8.78 Å². The zero-order chi connectivity index (χ0) is 23.6. The summed E-state index contributed by atoms with van der Waals surface area (Å²) in [6.07, 6.45) is -2.80. The van der Waals surface area contributed by atoms with Gasteiger partial charge in [-0.3, -0.25) is 4.39 Å². The first-order valence-corrected chi connectivity index (χ1v) is 10.2. The number of alkyl halides is 5. The van der Waals surface area contributed by atoms with Crippen LogP contribution in [0.25, 0.3) is 0 Å². The van der Waals surface area contributed by atoms with Crippen LogP contribution in [0, 0.1) is 23.3 Å². The maximum atomic E-state index is 14.5. The van der Waals surface area contributed by atoms with Gasteiger partial charge in [-0.15, -0.1) is 0 Å². The van der Waals surface area contributed by atoms with Crippen molar-refractivity contribution in [1.82, 2.24) is 0 Å². The van der Waals surface area contributed by atoms with Crippen LogP contribution in [0.2, 0.25) is 0 Å². The lowest BCUT2D eigenvalue weighted by atomic mass is 9.75. The molecule has 0 heterocycles. The lowest BCUT2D eigenvalue weighted by Gasteiger charge is -2.30. The summed E-state index contributed by atoms with van der Waals surface area (Å²) in [6.45, 7) is -0.600. The van der Waals surface area contributed by atoms with E-state index in [4.69, 9.17) is 0 Å². The van der Waals surface area contributed by atoms with E-state index in [1.54, 1.807) is 0 Å². The zero-order valence-electron chi connectivity index (χ0n) is 16.9. The summed E-state index contributed by atoms with van der Waals surface area (Å²) < 4.78 is 121. The van der Waals surface area contributed by atoms with E-state index in [1.807, 2.05) is 0 Å². The van der Waals surface area contributed by atoms with Crippen molar-refractivity contribution in [3.05, 3.63) is 69.8 Å². The molecule has 0 amide bonds. The lowest BCUT2D eigenvalue weighted by Crippen LogP contribution is -2.27. The molecule has 0 spiro atoms. The molecular formula is C23H21F9. The van der Waals surface area contributed by atoms with Gasteiger partial charge in [-0.25, -0.2) is 26.3 Å². The third-order valence-electron chi connectivity index (χ3n) is 6.02. The van der Waals surface area contributed by atoms with E-state index in [9.17, 15) is 39.5 Å². The molecule has 0 aliphatic heterocycles. The SMILES string of the molecule is FCCCc1cc(F)c(C2CCC(c3cc(F)c(C(F)(F)C(F)F)c(F)c3)CC2)c(F)c1. The second-order valence-corrected chi connectivity index (χ2v) is 8.10.